The van der Waals surface area contributed by atoms with E-state index in [4.69, 9.17) is 5.73 Å². The van der Waals surface area contributed by atoms with Crippen molar-refractivity contribution in [2.45, 2.75) is 43.5 Å². The zero-order valence-corrected chi connectivity index (χ0v) is 16.6. The standard InChI is InChI=1S/C20H24N4OS/c1-12-10-18(21)23-19(22-12)26-13(2)16(25)11-17-20(3,4)14-8-6-7-9-15(14)24(17)5/h6-11,13H,1-5H3,(H2,21,22,23)/b17-11+. The van der Waals surface area contributed by atoms with E-state index in [-0.39, 0.29) is 16.4 Å². The lowest BCUT2D eigenvalue weighted by atomic mass is 9.83. The largest absolute Gasteiger partial charge is 0.384 e. The maximum Gasteiger partial charge on any atom is 0.190 e. The van der Waals surface area contributed by atoms with Gasteiger partial charge in [0.25, 0.3) is 0 Å². The maximum atomic E-state index is 12.8. The van der Waals surface area contributed by atoms with Crippen LogP contribution < -0.4 is 10.6 Å². The number of nitrogens with zero attached hydrogens (tertiary/aromatic N) is 3. The Balaban J connectivity index is 1.84. The van der Waals surface area contributed by atoms with E-state index in [0.717, 1.165) is 17.1 Å². The first-order valence-electron chi connectivity index (χ1n) is 8.57. The van der Waals surface area contributed by atoms with Gasteiger partial charge in [0.05, 0.1) is 5.25 Å². The molecule has 0 bridgehead atoms. The summed E-state index contributed by atoms with van der Waals surface area (Å²) in [5.41, 5.74) is 9.74. The summed E-state index contributed by atoms with van der Waals surface area (Å²) in [7, 11) is 2.01. The number of aromatic nitrogens is 2. The van der Waals surface area contributed by atoms with Crippen molar-refractivity contribution in [1.29, 1.82) is 0 Å². The Labute approximate surface area is 158 Å². The fraction of sp³-hybridized carbons (Fsp3) is 0.350. The molecule has 0 amide bonds. The summed E-state index contributed by atoms with van der Waals surface area (Å²) in [5, 5.41) is 0.237. The van der Waals surface area contributed by atoms with Gasteiger partial charge in [0.15, 0.2) is 10.9 Å². The van der Waals surface area contributed by atoms with Crippen molar-refractivity contribution in [3.8, 4) is 0 Å². The molecule has 1 aromatic carbocycles. The number of carbonyl (C=O) groups excluding carboxylic acids is 1. The van der Waals surface area contributed by atoms with Crippen LogP contribution in [0.5, 0.6) is 0 Å². The van der Waals surface area contributed by atoms with Crippen LogP contribution in [0.4, 0.5) is 11.5 Å². The number of ketones is 1. The third-order valence-corrected chi connectivity index (χ3v) is 5.74. The molecule has 1 aromatic heterocycles. The molecule has 3 rings (SSSR count). The second-order valence-electron chi connectivity index (χ2n) is 7.11. The highest BCUT2D eigenvalue weighted by Crippen LogP contribution is 2.46. The first-order valence-corrected chi connectivity index (χ1v) is 9.45. The van der Waals surface area contributed by atoms with Gasteiger partial charge in [-0.05, 0) is 25.5 Å². The molecule has 6 heteroatoms. The maximum absolute atomic E-state index is 12.8. The number of benzene rings is 1. The van der Waals surface area contributed by atoms with Crippen molar-refractivity contribution in [3.05, 3.63) is 53.4 Å². The molecule has 136 valence electrons. The second kappa shape index (κ2) is 6.76. The molecule has 0 spiro atoms. The molecule has 1 unspecified atom stereocenters. The van der Waals surface area contributed by atoms with Gasteiger partial charge in [-0.1, -0.05) is 43.8 Å². The number of carbonyl (C=O) groups is 1. The zero-order valence-electron chi connectivity index (χ0n) is 15.8. The number of allylic oxidation sites excluding steroid dienone is 2. The molecule has 0 saturated carbocycles. The number of nitrogens with two attached hydrogens (primary N) is 1. The minimum absolute atomic E-state index is 0.0430. The number of thioether (sulfide) groups is 1. The van der Waals surface area contributed by atoms with Gasteiger partial charge in [-0.2, -0.15) is 0 Å². The highest BCUT2D eigenvalue weighted by atomic mass is 32.2. The van der Waals surface area contributed by atoms with Gasteiger partial charge in [-0.25, -0.2) is 9.97 Å². The minimum Gasteiger partial charge on any atom is -0.384 e. The molecule has 0 fully saturated rings. The first kappa shape index (κ1) is 18.5. The van der Waals surface area contributed by atoms with E-state index in [1.54, 1.807) is 12.1 Å². The summed E-state index contributed by atoms with van der Waals surface area (Å²) >= 11 is 1.33. The van der Waals surface area contributed by atoms with Crippen LogP contribution in [-0.2, 0) is 10.2 Å². The SMILES string of the molecule is Cc1cc(N)nc(SC(C)C(=O)/C=C2/N(C)c3ccccc3C2(C)C)n1. The van der Waals surface area contributed by atoms with Crippen LogP contribution >= 0.6 is 11.8 Å². The summed E-state index contributed by atoms with van der Waals surface area (Å²) in [5.74, 6) is 0.464. The van der Waals surface area contributed by atoms with Crippen LogP contribution in [0.3, 0.4) is 0 Å². The van der Waals surface area contributed by atoms with Crippen LogP contribution in [-0.4, -0.2) is 28.0 Å². The Kier molecular flexibility index (Phi) is 4.80. The van der Waals surface area contributed by atoms with E-state index in [1.807, 2.05) is 33.0 Å². The second-order valence-corrected chi connectivity index (χ2v) is 8.42. The minimum atomic E-state index is -0.295. The van der Waals surface area contributed by atoms with Gasteiger partial charge in [0.1, 0.15) is 5.82 Å². The van der Waals surface area contributed by atoms with Crippen LogP contribution in [0.2, 0.25) is 0 Å². The van der Waals surface area contributed by atoms with Crippen LogP contribution in [0.15, 0.2) is 47.3 Å². The predicted molar refractivity (Wildman–Crippen MR) is 107 cm³/mol. The normalized spacial score (nSPS) is 18.0. The molecule has 1 aliphatic heterocycles. The number of para-hydroxylation sites is 1. The van der Waals surface area contributed by atoms with Gasteiger partial charge < -0.3 is 10.6 Å². The van der Waals surface area contributed by atoms with Crippen molar-refractivity contribution in [2.24, 2.45) is 0 Å². The van der Waals surface area contributed by atoms with E-state index in [0.29, 0.717) is 11.0 Å². The molecule has 2 aromatic rings. The molecule has 2 heterocycles. The van der Waals surface area contributed by atoms with Crippen LogP contribution in [0, 0.1) is 6.92 Å². The summed E-state index contributed by atoms with van der Waals surface area (Å²) < 4.78 is 0. The van der Waals surface area contributed by atoms with Crippen molar-refractivity contribution in [3.63, 3.8) is 0 Å². The molecular formula is C20H24N4OS. The average Bonchev–Trinajstić information content (AvgIpc) is 2.75. The number of aryl methyl sites for hydroxylation is 1. The number of hydrogen-bond donors (Lipinski definition) is 1. The predicted octanol–water partition coefficient (Wildman–Crippen LogP) is 3.73. The summed E-state index contributed by atoms with van der Waals surface area (Å²) in [6.45, 7) is 8.04. The third kappa shape index (κ3) is 3.33. The number of anilines is 2. The monoisotopic (exact) mass is 368 g/mol. The van der Waals surface area contributed by atoms with Crippen LogP contribution in [0.1, 0.15) is 32.0 Å². The lowest BCUT2D eigenvalue weighted by Gasteiger charge is -2.24. The van der Waals surface area contributed by atoms with E-state index in [1.165, 1.54) is 17.3 Å². The lowest BCUT2D eigenvalue weighted by molar-refractivity contribution is -0.114. The number of likely N-dealkylation sites (N-methyl/N-ethyl adjacent to an activating group) is 1. The summed E-state index contributed by atoms with van der Waals surface area (Å²) in [6, 6.07) is 9.99. The van der Waals surface area contributed by atoms with Crippen molar-refractivity contribution < 1.29 is 4.79 Å². The molecule has 2 N–H and O–H groups in total. The van der Waals surface area contributed by atoms with Gasteiger partial charge in [-0.15, -0.1) is 0 Å². The average molecular weight is 369 g/mol. The molecule has 5 nitrogen and oxygen atoms in total. The Morgan fingerprint density at radius 1 is 1.31 bits per heavy atom. The smallest absolute Gasteiger partial charge is 0.190 e. The molecule has 1 aliphatic rings. The van der Waals surface area contributed by atoms with Gasteiger partial charge in [-0.3, -0.25) is 4.79 Å². The van der Waals surface area contributed by atoms with Crippen molar-refractivity contribution in [1.82, 2.24) is 9.97 Å². The quantitative estimate of drug-likeness (QED) is 0.504. The fourth-order valence-corrected chi connectivity index (χ4v) is 4.20. The lowest BCUT2D eigenvalue weighted by Crippen LogP contribution is -2.25. The fourth-order valence-electron chi connectivity index (χ4n) is 3.34. The Bertz CT molecular complexity index is 871. The Hall–Kier alpha value is -2.34. The summed E-state index contributed by atoms with van der Waals surface area (Å²) in [4.78, 5) is 23.5. The van der Waals surface area contributed by atoms with Gasteiger partial charge >= 0.3 is 0 Å². The molecular weight excluding hydrogens is 344 g/mol. The molecule has 0 radical (unpaired) electrons. The topological polar surface area (TPSA) is 72.1 Å². The highest BCUT2D eigenvalue weighted by molar-refractivity contribution is 8.00. The Morgan fingerprint density at radius 3 is 2.65 bits per heavy atom. The van der Waals surface area contributed by atoms with Crippen molar-refractivity contribution >= 4 is 29.1 Å². The highest BCUT2D eigenvalue weighted by Gasteiger charge is 2.38. The molecule has 0 aliphatic carbocycles. The summed E-state index contributed by atoms with van der Waals surface area (Å²) in [6.07, 6.45) is 1.76. The van der Waals surface area contributed by atoms with E-state index < -0.39 is 0 Å². The number of rotatable bonds is 4. The van der Waals surface area contributed by atoms with Crippen LogP contribution in [0.25, 0.3) is 0 Å². The molecule has 0 saturated heterocycles. The Morgan fingerprint density at radius 2 is 2.00 bits per heavy atom. The number of fused-ring (bicyclic) bond motifs is 1. The van der Waals surface area contributed by atoms with Gasteiger partial charge in [0.2, 0.25) is 0 Å². The third-order valence-electron chi connectivity index (χ3n) is 4.76. The molecule has 26 heavy (non-hydrogen) atoms. The van der Waals surface area contributed by atoms with E-state index in [9.17, 15) is 4.79 Å². The number of hydrogen-bond acceptors (Lipinski definition) is 6. The van der Waals surface area contributed by atoms with E-state index in [2.05, 4.69) is 40.8 Å². The molecule has 1 atom stereocenters. The first-order chi connectivity index (χ1) is 12.2. The van der Waals surface area contributed by atoms with E-state index >= 15 is 0 Å². The number of nitrogen functional groups attached to an aromatic ring is 1. The van der Waals surface area contributed by atoms with Gasteiger partial charge in [0, 0.05) is 41.7 Å². The van der Waals surface area contributed by atoms with Crippen molar-refractivity contribution in [2.75, 3.05) is 17.7 Å². The zero-order chi connectivity index (χ0) is 19.1.